The van der Waals surface area contributed by atoms with Crippen LogP contribution in [-0.4, -0.2) is 50.8 Å². The predicted octanol–water partition coefficient (Wildman–Crippen LogP) is 2.10. The zero-order valence-electron chi connectivity index (χ0n) is 16.9. The Bertz CT molecular complexity index is 820. The number of hydrogen-bond acceptors (Lipinski definition) is 7. The summed E-state index contributed by atoms with van der Waals surface area (Å²) in [5, 5.41) is 17.8. The molecular weight excluding hydrogens is 358 g/mol. The maximum absolute atomic E-state index is 11.0. The van der Waals surface area contributed by atoms with E-state index in [1.54, 1.807) is 11.7 Å². The van der Waals surface area contributed by atoms with Crippen molar-refractivity contribution in [2.45, 2.75) is 46.1 Å². The molecule has 1 aliphatic rings. The van der Waals surface area contributed by atoms with Gasteiger partial charge in [-0.15, -0.1) is 5.10 Å². The lowest BCUT2D eigenvalue weighted by atomic mass is 9.94. The molecule has 8 nitrogen and oxygen atoms in total. The van der Waals surface area contributed by atoms with Gasteiger partial charge < -0.3 is 14.7 Å². The maximum atomic E-state index is 11.0. The van der Waals surface area contributed by atoms with E-state index in [0.717, 1.165) is 55.8 Å². The van der Waals surface area contributed by atoms with Crippen LogP contribution in [0.1, 0.15) is 44.5 Å². The first kappa shape index (κ1) is 20.3. The topological polar surface area (TPSA) is 93.4 Å². The number of aliphatic hydroxyl groups is 1. The Kier molecular flexibility index (Phi) is 6.61. The van der Waals surface area contributed by atoms with Crippen LogP contribution in [0.5, 0.6) is 0 Å². The Morgan fingerprint density at radius 1 is 1.39 bits per heavy atom. The van der Waals surface area contributed by atoms with Gasteiger partial charge in [0.25, 0.3) is 0 Å². The standard InChI is InChI=1S/C20H29N5O3/c1-4-16-18(25-10-5-6-15(12-25)9-11-28-14(2)27)8-7-17(21-16)20-19(13-26)24(3)23-22-20/h7-8,15,26H,4-6,9-13H2,1-3H3/t15-/m1/s1. The van der Waals surface area contributed by atoms with Crippen molar-refractivity contribution in [3.63, 3.8) is 0 Å². The van der Waals surface area contributed by atoms with Gasteiger partial charge in [0.1, 0.15) is 5.69 Å². The van der Waals surface area contributed by atoms with Gasteiger partial charge in [-0.1, -0.05) is 12.1 Å². The summed E-state index contributed by atoms with van der Waals surface area (Å²) in [7, 11) is 1.76. The molecule has 1 aliphatic heterocycles. The van der Waals surface area contributed by atoms with E-state index in [2.05, 4.69) is 28.2 Å². The molecule has 152 valence electrons. The molecule has 1 N–H and O–H groups in total. The minimum atomic E-state index is -0.216. The Morgan fingerprint density at radius 3 is 2.93 bits per heavy atom. The highest BCUT2D eigenvalue weighted by molar-refractivity contribution is 5.65. The van der Waals surface area contributed by atoms with E-state index in [-0.39, 0.29) is 12.6 Å². The molecule has 3 rings (SSSR count). The Balaban J connectivity index is 1.77. The number of aryl methyl sites for hydroxylation is 2. The third-order valence-corrected chi connectivity index (χ3v) is 5.31. The molecule has 3 heterocycles. The van der Waals surface area contributed by atoms with Gasteiger partial charge >= 0.3 is 5.97 Å². The molecule has 1 saturated heterocycles. The van der Waals surface area contributed by atoms with E-state index in [1.807, 2.05) is 6.07 Å². The summed E-state index contributed by atoms with van der Waals surface area (Å²) in [5.41, 5.74) is 4.20. The second-order valence-corrected chi connectivity index (χ2v) is 7.27. The number of pyridine rings is 1. The fraction of sp³-hybridized carbons (Fsp3) is 0.600. The molecule has 1 fully saturated rings. The van der Waals surface area contributed by atoms with Gasteiger partial charge in [-0.3, -0.25) is 4.79 Å². The molecular formula is C20H29N5O3. The number of carbonyl (C=O) groups excluding carboxylic acids is 1. The van der Waals surface area contributed by atoms with E-state index in [4.69, 9.17) is 9.72 Å². The molecule has 0 unspecified atom stereocenters. The van der Waals surface area contributed by atoms with Gasteiger partial charge in [0, 0.05) is 27.1 Å². The Hall–Kier alpha value is -2.48. The van der Waals surface area contributed by atoms with Crippen LogP contribution in [0.15, 0.2) is 12.1 Å². The minimum Gasteiger partial charge on any atom is -0.466 e. The number of anilines is 1. The van der Waals surface area contributed by atoms with Crippen LogP contribution in [0.4, 0.5) is 5.69 Å². The molecule has 2 aromatic rings. The summed E-state index contributed by atoms with van der Waals surface area (Å²) in [4.78, 5) is 18.2. The third kappa shape index (κ3) is 4.49. The van der Waals surface area contributed by atoms with E-state index < -0.39 is 0 Å². The van der Waals surface area contributed by atoms with E-state index in [9.17, 15) is 9.90 Å². The SMILES string of the molecule is CCc1nc(-c2nnn(C)c2CO)ccc1N1CCC[C@H](CCOC(C)=O)C1. The second kappa shape index (κ2) is 9.14. The molecule has 0 aromatic carbocycles. The Labute approximate surface area is 165 Å². The molecule has 1 atom stereocenters. The van der Waals surface area contributed by atoms with Crippen LogP contribution in [0.3, 0.4) is 0 Å². The van der Waals surface area contributed by atoms with Crippen molar-refractivity contribution in [2.75, 3.05) is 24.6 Å². The summed E-state index contributed by atoms with van der Waals surface area (Å²) in [6.45, 7) is 5.87. The van der Waals surface area contributed by atoms with Gasteiger partial charge in [-0.2, -0.15) is 0 Å². The number of esters is 1. The fourth-order valence-corrected chi connectivity index (χ4v) is 3.82. The zero-order chi connectivity index (χ0) is 20.1. The molecule has 0 aliphatic carbocycles. The van der Waals surface area contributed by atoms with Gasteiger partial charge in [-0.05, 0) is 43.7 Å². The van der Waals surface area contributed by atoms with Crippen LogP contribution in [0, 0.1) is 5.92 Å². The number of ether oxygens (including phenoxy) is 1. The number of nitrogens with zero attached hydrogens (tertiary/aromatic N) is 5. The van der Waals surface area contributed by atoms with Crippen LogP contribution in [-0.2, 0) is 29.6 Å². The van der Waals surface area contributed by atoms with Crippen molar-refractivity contribution in [1.29, 1.82) is 0 Å². The number of hydrogen-bond donors (Lipinski definition) is 1. The fourth-order valence-electron chi connectivity index (χ4n) is 3.82. The van der Waals surface area contributed by atoms with Crippen LogP contribution in [0.2, 0.25) is 0 Å². The summed E-state index contributed by atoms with van der Waals surface area (Å²) in [6.07, 6.45) is 3.98. The van der Waals surface area contributed by atoms with Crippen molar-refractivity contribution in [2.24, 2.45) is 13.0 Å². The lowest BCUT2D eigenvalue weighted by molar-refractivity contribution is -0.141. The van der Waals surface area contributed by atoms with Gasteiger partial charge in [-0.25, -0.2) is 9.67 Å². The zero-order valence-corrected chi connectivity index (χ0v) is 16.9. The lowest BCUT2D eigenvalue weighted by Crippen LogP contribution is -2.36. The number of piperidine rings is 1. The monoisotopic (exact) mass is 387 g/mol. The molecule has 0 amide bonds. The van der Waals surface area contributed by atoms with Crippen molar-refractivity contribution < 1.29 is 14.6 Å². The van der Waals surface area contributed by atoms with Crippen molar-refractivity contribution in [3.8, 4) is 11.4 Å². The van der Waals surface area contributed by atoms with Crippen LogP contribution in [0.25, 0.3) is 11.4 Å². The van der Waals surface area contributed by atoms with Crippen molar-refractivity contribution in [1.82, 2.24) is 20.0 Å². The van der Waals surface area contributed by atoms with Crippen LogP contribution < -0.4 is 4.90 Å². The predicted molar refractivity (Wildman–Crippen MR) is 106 cm³/mol. The smallest absolute Gasteiger partial charge is 0.302 e. The van der Waals surface area contributed by atoms with Crippen molar-refractivity contribution >= 4 is 11.7 Å². The molecule has 0 saturated carbocycles. The van der Waals surface area contributed by atoms with E-state index in [0.29, 0.717) is 23.9 Å². The van der Waals surface area contributed by atoms with Crippen LogP contribution >= 0.6 is 0 Å². The van der Waals surface area contributed by atoms with Gasteiger partial charge in [0.15, 0.2) is 0 Å². The average molecular weight is 387 g/mol. The first-order valence-electron chi connectivity index (χ1n) is 9.91. The minimum absolute atomic E-state index is 0.125. The quantitative estimate of drug-likeness (QED) is 0.727. The average Bonchev–Trinajstić information content (AvgIpc) is 3.08. The molecule has 2 aromatic heterocycles. The molecule has 8 heteroatoms. The molecule has 0 bridgehead atoms. The van der Waals surface area contributed by atoms with E-state index in [1.165, 1.54) is 6.92 Å². The largest absolute Gasteiger partial charge is 0.466 e. The van der Waals surface area contributed by atoms with Gasteiger partial charge in [0.2, 0.25) is 0 Å². The third-order valence-electron chi connectivity index (χ3n) is 5.31. The molecule has 0 radical (unpaired) electrons. The lowest BCUT2D eigenvalue weighted by Gasteiger charge is -2.35. The normalized spacial score (nSPS) is 17.0. The maximum Gasteiger partial charge on any atom is 0.302 e. The first-order chi connectivity index (χ1) is 13.5. The number of carbonyl (C=O) groups is 1. The second-order valence-electron chi connectivity index (χ2n) is 7.27. The first-order valence-corrected chi connectivity index (χ1v) is 9.91. The summed E-state index contributed by atoms with van der Waals surface area (Å²) >= 11 is 0. The van der Waals surface area contributed by atoms with Crippen molar-refractivity contribution in [3.05, 3.63) is 23.5 Å². The number of rotatable bonds is 7. The number of aliphatic hydroxyl groups excluding tert-OH is 1. The molecule has 28 heavy (non-hydrogen) atoms. The van der Waals surface area contributed by atoms with E-state index >= 15 is 0 Å². The van der Waals surface area contributed by atoms with Gasteiger partial charge in [0.05, 0.1) is 36.0 Å². The highest BCUT2D eigenvalue weighted by Gasteiger charge is 2.23. The summed E-state index contributed by atoms with van der Waals surface area (Å²) in [5.74, 6) is 0.297. The Morgan fingerprint density at radius 2 is 2.21 bits per heavy atom. The highest BCUT2D eigenvalue weighted by atomic mass is 16.5. The molecule has 0 spiro atoms. The number of aromatic nitrogens is 4. The highest BCUT2D eigenvalue weighted by Crippen LogP contribution is 2.30. The summed E-state index contributed by atoms with van der Waals surface area (Å²) in [6, 6.07) is 4.06. The summed E-state index contributed by atoms with van der Waals surface area (Å²) < 4.78 is 6.69.